The van der Waals surface area contributed by atoms with Gasteiger partial charge in [0.05, 0.1) is 0 Å². The molecule has 1 aromatic rings. The smallest absolute Gasteiger partial charge is 0.333 e. The Labute approximate surface area is 241 Å². The number of aryl methyl sites for hydroxylation is 1. The zero-order valence-corrected chi connectivity index (χ0v) is 25.1. The van der Waals surface area contributed by atoms with Crippen LogP contribution in [0, 0.1) is 17.3 Å². The van der Waals surface area contributed by atoms with Gasteiger partial charge in [0.2, 0.25) is 0 Å². The Balaban J connectivity index is 1.94. The number of ether oxygens (including phenoxy) is 2. The van der Waals surface area contributed by atoms with Crippen molar-refractivity contribution in [2.45, 2.75) is 97.3 Å². The van der Waals surface area contributed by atoms with Crippen LogP contribution >= 0.6 is 0 Å². The summed E-state index contributed by atoms with van der Waals surface area (Å²) in [5.41, 5.74) is 2.52. The van der Waals surface area contributed by atoms with Crippen LogP contribution in [0.25, 0.3) is 0 Å². The van der Waals surface area contributed by atoms with E-state index in [9.17, 15) is 19.8 Å². The van der Waals surface area contributed by atoms with E-state index < -0.39 is 23.3 Å². The van der Waals surface area contributed by atoms with E-state index in [1.54, 1.807) is 6.92 Å². The summed E-state index contributed by atoms with van der Waals surface area (Å²) in [6.07, 6.45) is 12.2. The second-order valence-corrected chi connectivity index (χ2v) is 12.2. The summed E-state index contributed by atoms with van der Waals surface area (Å²) in [6.45, 7) is 12.9. The molecule has 224 valence electrons. The van der Waals surface area contributed by atoms with Gasteiger partial charge in [-0.2, -0.15) is 0 Å². The third kappa shape index (κ3) is 11.6. The lowest BCUT2D eigenvalue weighted by Gasteiger charge is -2.30. The molecule has 0 bridgehead atoms. The van der Waals surface area contributed by atoms with Crippen LogP contribution in [-0.2, 0) is 25.5 Å². The van der Waals surface area contributed by atoms with E-state index in [0.29, 0.717) is 17.9 Å². The molecule has 0 spiro atoms. The summed E-state index contributed by atoms with van der Waals surface area (Å²) in [6, 6.07) is 8.92. The van der Waals surface area contributed by atoms with Crippen LogP contribution in [0.2, 0.25) is 0 Å². The Morgan fingerprint density at radius 3 is 2.12 bits per heavy atom. The molecule has 1 aliphatic carbocycles. The first kappa shape index (κ1) is 33.8. The minimum atomic E-state index is -0.608. The molecule has 1 atom stereocenters. The largest absolute Gasteiger partial charge is 0.462 e. The zero-order chi connectivity index (χ0) is 29.5. The Hall–Kier alpha value is -2.44. The van der Waals surface area contributed by atoms with Crippen molar-refractivity contribution in [2.75, 3.05) is 26.4 Å². The van der Waals surface area contributed by atoms with Gasteiger partial charge in [-0.1, -0.05) is 77.0 Å². The third-order valence-electron chi connectivity index (χ3n) is 8.32. The number of aliphatic hydroxyl groups excluding tert-OH is 2. The lowest BCUT2D eigenvalue weighted by Crippen LogP contribution is -2.33. The molecular weight excluding hydrogens is 504 g/mol. The van der Waals surface area contributed by atoms with Crippen molar-refractivity contribution in [1.82, 2.24) is 0 Å². The summed E-state index contributed by atoms with van der Waals surface area (Å²) in [5.74, 6) is 0.0449. The van der Waals surface area contributed by atoms with Crippen molar-refractivity contribution in [3.63, 3.8) is 0 Å². The fourth-order valence-corrected chi connectivity index (χ4v) is 5.38. The maximum absolute atomic E-state index is 12.5. The molecule has 2 N–H and O–H groups in total. The predicted molar refractivity (Wildman–Crippen MR) is 160 cm³/mol. The van der Waals surface area contributed by atoms with Crippen LogP contribution in [0.1, 0.15) is 102 Å². The van der Waals surface area contributed by atoms with Gasteiger partial charge in [0.1, 0.15) is 13.2 Å². The van der Waals surface area contributed by atoms with Crippen LogP contribution in [0.3, 0.4) is 0 Å². The Kier molecular flexibility index (Phi) is 14.7. The summed E-state index contributed by atoms with van der Waals surface area (Å²) in [5, 5.41) is 18.6. The molecule has 1 unspecified atom stereocenters. The molecular formula is C34H52O6. The van der Waals surface area contributed by atoms with Crippen LogP contribution < -0.4 is 0 Å². The van der Waals surface area contributed by atoms with Crippen molar-refractivity contribution in [3.8, 4) is 0 Å². The van der Waals surface area contributed by atoms with Crippen molar-refractivity contribution in [2.24, 2.45) is 17.3 Å². The van der Waals surface area contributed by atoms with Crippen molar-refractivity contribution >= 4 is 11.9 Å². The van der Waals surface area contributed by atoms with E-state index >= 15 is 0 Å². The SMILES string of the molecule is C=C(C)C(=O)OCC(C)(CCc1ccc(C2CCC(CCCCC)CC2)cc1)COC(=O)C(=C)CC(CO)CO. The number of unbranched alkanes of at least 4 members (excludes halogenated alkanes) is 2. The molecule has 1 aromatic carbocycles. The number of hydrogen-bond donors (Lipinski definition) is 2. The number of hydrogen-bond acceptors (Lipinski definition) is 6. The fraction of sp³-hybridized carbons (Fsp3) is 0.647. The Bertz CT molecular complexity index is 940. The van der Waals surface area contributed by atoms with Gasteiger partial charge < -0.3 is 19.7 Å². The normalized spacial score (nSPS) is 18.6. The molecule has 1 fully saturated rings. The van der Waals surface area contributed by atoms with Gasteiger partial charge in [-0.05, 0) is 74.8 Å². The summed E-state index contributed by atoms with van der Waals surface area (Å²) < 4.78 is 11.0. The molecule has 0 amide bonds. The summed E-state index contributed by atoms with van der Waals surface area (Å²) >= 11 is 0. The third-order valence-corrected chi connectivity index (χ3v) is 8.32. The topological polar surface area (TPSA) is 93.1 Å². The summed E-state index contributed by atoms with van der Waals surface area (Å²) in [4.78, 5) is 24.6. The van der Waals surface area contributed by atoms with Crippen LogP contribution in [-0.4, -0.2) is 48.6 Å². The Morgan fingerprint density at radius 1 is 0.975 bits per heavy atom. The second-order valence-electron chi connectivity index (χ2n) is 12.2. The van der Waals surface area contributed by atoms with Crippen molar-refractivity contribution < 1.29 is 29.3 Å². The number of aliphatic hydroxyl groups is 2. The highest BCUT2D eigenvalue weighted by Crippen LogP contribution is 2.38. The Morgan fingerprint density at radius 2 is 1.57 bits per heavy atom. The molecule has 0 heterocycles. The summed E-state index contributed by atoms with van der Waals surface area (Å²) in [7, 11) is 0. The average Bonchev–Trinajstić information content (AvgIpc) is 2.97. The zero-order valence-electron chi connectivity index (χ0n) is 25.1. The van der Waals surface area contributed by atoms with Crippen LogP contribution in [0.15, 0.2) is 48.6 Å². The molecule has 0 saturated heterocycles. The first-order valence-electron chi connectivity index (χ1n) is 15.1. The van der Waals surface area contributed by atoms with E-state index in [1.165, 1.54) is 62.5 Å². The number of benzene rings is 1. The molecule has 0 aromatic heterocycles. The van der Waals surface area contributed by atoms with Gasteiger partial charge in [0, 0.05) is 35.7 Å². The molecule has 0 radical (unpaired) electrons. The van der Waals surface area contributed by atoms with E-state index in [0.717, 1.165) is 12.3 Å². The van der Waals surface area contributed by atoms with Crippen LogP contribution in [0.5, 0.6) is 0 Å². The van der Waals surface area contributed by atoms with Gasteiger partial charge in [0.15, 0.2) is 0 Å². The number of carbonyl (C=O) groups excluding carboxylic acids is 2. The molecule has 2 rings (SSSR count). The maximum atomic E-state index is 12.5. The number of carbonyl (C=O) groups is 2. The highest BCUT2D eigenvalue weighted by molar-refractivity contribution is 5.88. The van der Waals surface area contributed by atoms with Gasteiger partial charge in [-0.3, -0.25) is 0 Å². The molecule has 0 aliphatic heterocycles. The lowest BCUT2D eigenvalue weighted by atomic mass is 9.77. The molecule has 40 heavy (non-hydrogen) atoms. The first-order chi connectivity index (χ1) is 19.1. The van der Waals surface area contributed by atoms with E-state index in [2.05, 4.69) is 44.3 Å². The molecule has 1 saturated carbocycles. The maximum Gasteiger partial charge on any atom is 0.333 e. The van der Waals surface area contributed by atoms with E-state index in [4.69, 9.17) is 9.47 Å². The highest BCUT2D eigenvalue weighted by Gasteiger charge is 2.30. The van der Waals surface area contributed by atoms with Gasteiger partial charge in [0.25, 0.3) is 0 Å². The monoisotopic (exact) mass is 556 g/mol. The van der Waals surface area contributed by atoms with Crippen molar-refractivity contribution in [3.05, 3.63) is 59.7 Å². The van der Waals surface area contributed by atoms with Gasteiger partial charge in [-0.15, -0.1) is 0 Å². The minimum Gasteiger partial charge on any atom is -0.462 e. The van der Waals surface area contributed by atoms with E-state index in [-0.39, 0.29) is 38.4 Å². The van der Waals surface area contributed by atoms with E-state index in [1.807, 2.05) is 6.92 Å². The average molecular weight is 557 g/mol. The van der Waals surface area contributed by atoms with Gasteiger partial charge >= 0.3 is 11.9 Å². The lowest BCUT2D eigenvalue weighted by molar-refractivity contribution is -0.149. The fourth-order valence-electron chi connectivity index (χ4n) is 5.38. The number of esters is 2. The minimum absolute atomic E-state index is 0.0524. The quantitative estimate of drug-likeness (QED) is 0.119. The molecule has 6 heteroatoms. The second kappa shape index (κ2) is 17.4. The van der Waals surface area contributed by atoms with Gasteiger partial charge in [-0.25, -0.2) is 9.59 Å². The van der Waals surface area contributed by atoms with Crippen LogP contribution in [0.4, 0.5) is 0 Å². The predicted octanol–water partition coefficient (Wildman–Crippen LogP) is 6.69. The first-order valence-corrected chi connectivity index (χ1v) is 15.1. The highest BCUT2D eigenvalue weighted by atomic mass is 16.5. The standard InChI is InChI=1S/C34H52O6/c1-6-7-8-9-27-10-14-30(15-11-27)31-16-12-28(13-17-31)18-19-34(5,23-39-32(37)25(2)3)24-40-33(38)26(4)20-29(21-35)22-36/h12-13,16-17,27,29-30,35-36H,2,4,6-11,14-15,18-24H2,1,3,5H3. The molecule has 6 nitrogen and oxygen atoms in total. The number of rotatable bonds is 18. The van der Waals surface area contributed by atoms with Crippen molar-refractivity contribution in [1.29, 1.82) is 0 Å². The molecule has 1 aliphatic rings.